The van der Waals surface area contributed by atoms with Crippen LogP contribution in [0.2, 0.25) is 0 Å². The van der Waals surface area contributed by atoms with Gasteiger partial charge in [0, 0.05) is 38.0 Å². The summed E-state index contributed by atoms with van der Waals surface area (Å²) >= 11 is 0. The van der Waals surface area contributed by atoms with E-state index in [-0.39, 0.29) is 11.8 Å². The number of benzene rings is 1. The Hall–Kier alpha value is -2.67. The highest BCUT2D eigenvalue weighted by atomic mass is 16.2. The molecular weight excluding hydrogens is 318 g/mol. The molecular formula is C18H21N5O2. The zero-order chi connectivity index (χ0) is 17.2. The van der Waals surface area contributed by atoms with Gasteiger partial charge in [-0.25, -0.2) is 0 Å². The lowest BCUT2D eigenvalue weighted by molar-refractivity contribution is -0.126. The quantitative estimate of drug-likeness (QED) is 0.761. The Morgan fingerprint density at radius 1 is 1.36 bits per heavy atom. The number of hydrogen-bond acceptors (Lipinski definition) is 4. The fraction of sp³-hybridized carbons (Fsp3) is 0.389. The van der Waals surface area contributed by atoms with Crippen LogP contribution in [-0.2, 0) is 35.5 Å². The molecule has 3 N–H and O–H groups in total. The predicted octanol–water partition coefficient (Wildman–Crippen LogP) is 0.598. The number of para-hydroxylation sites is 1. The minimum Gasteiger partial charge on any atom is -0.344 e. The van der Waals surface area contributed by atoms with E-state index in [2.05, 4.69) is 21.0 Å². The first-order valence-electron chi connectivity index (χ1n) is 8.63. The van der Waals surface area contributed by atoms with Crippen LogP contribution in [0.15, 0.2) is 30.3 Å². The summed E-state index contributed by atoms with van der Waals surface area (Å²) in [6.45, 7) is 2.61. The number of aromatic nitrogens is 2. The zero-order valence-corrected chi connectivity index (χ0v) is 13.9. The molecule has 0 fully saturated rings. The van der Waals surface area contributed by atoms with Crippen LogP contribution in [0.4, 0.5) is 5.69 Å². The number of aryl methyl sites for hydroxylation is 1. The van der Waals surface area contributed by atoms with Gasteiger partial charge in [-0.05, 0) is 17.7 Å². The lowest BCUT2D eigenvalue weighted by Gasteiger charge is -2.25. The van der Waals surface area contributed by atoms with Crippen molar-refractivity contribution in [3.8, 4) is 0 Å². The molecule has 4 rings (SSSR count). The molecule has 1 aromatic heterocycles. The van der Waals surface area contributed by atoms with Crippen LogP contribution in [0.3, 0.4) is 0 Å². The molecule has 0 unspecified atom stereocenters. The molecule has 0 saturated heterocycles. The Morgan fingerprint density at radius 3 is 3.12 bits per heavy atom. The molecule has 7 nitrogen and oxygen atoms in total. The van der Waals surface area contributed by atoms with Crippen molar-refractivity contribution in [2.45, 2.75) is 38.4 Å². The summed E-state index contributed by atoms with van der Waals surface area (Å²) < 4.78 is 2.00. The molecule has 0 spiro atoms. The standard InChI is InChI=1S/C18H21N5O2/c24-17(6-5-13-10-14-11-19-7-8-23(14)22-13)20-16-9-12-3-1-2-4-15(12)21-18(16)25/h1-4,10,16,19H,5-9,11H2,(H,20,24)(H,21,25)/t16-/m0/s1. The number of hydrogen-bond donors (Lipinski definition) is 3. The third kappa shape index (κ3) is 3.41. The third-order valence-electron chi connectivity index (χ3n) is 4.68. The average Bonchev–Trinajstić information content (AvgIpc) is 3.03. The maximum atomic E-state index is 12.2. The summed E-state index contributed by atoms with van der Waals surface area (Å²) in [5.41, 5.74) is 3.95. The maximum Gasteiger partial charge on any atom is 0.247 e. The van der Waals surface area contributed by atoms with Gasteiger partial charge in [0.05, 0.1) is 17.9 Å². The largest absolute Gasteiger partial charge is 0.344 e. The van der Waals surface area contributed by atoms with Crippen molar-refractivity contribution in [2.75, 3.05) is 11.9 Å². The van der Waals surface area contributed by atoms with Gasteiger partial charge in [0.25, 0.3) is 0 Å². The SMILES string of the molecule is O=C(CCc1cc2n(n1)CCNC2)N[C@H]1Cc2ccccc2NC1=O. The molecule has 0 saturated carbocycles. The Kier molecular flexibility index (Phi) is 4.23. The molecule has 130 valence electrons. The smallest absolute Gasteiger partial charge is 0.247 e. The van der Waals surface area contributed by atoms with E-state index in [1.807, 2.05) is 35.0 Å². The number of rotatable bonds is 4. The number of carbonyl (C=O) groups excluding carboxylic acids is 2. The Morgan fingerprint density at radius 2 is 2.24 bits per heavy atom. The molecule has 2 aliphatic heterocycles. The lowest BCUT2D eigenvalue weighted by atomic mass is 9.99. The van der Waals surface area contributed by atoms with Crippen LogP contribution < -0.4 is 16.0 Å². The average molecular weight is 339 g/mol. The molecule has 2 aromatic rings. The second kappa shape index (κ2) is 6.68. The van der Waals surface area contributed by atoms with Gasteiger partial charge in [0.1, 0.15) is 6.04 Å². The van der Waals surface area contributed by atoms with E-state index in [0.29, 0.717) is 19.3 Å². The minimum absolute atomic E-state index is 0.122. The van der Waals surface area contributed by atoms with Crippen LogP contribution >= 0.6 is 0 Å². The van der Waals surface area contributed by atoms with Crippen LogP contribution in [0.25, 0.3) is 0 Å². The van der Waals surface area contributed by atoms with E-state index >= 15 is 0 Å². The van der Waals surface area contributed by atoms with Crippen molar-refractivity contribution in [1.29, 1.82) is 0 Å². The molecule has 1 aromatic carbocycles. The number of nitrogens with zero attached hydrogens (tertiary/aromatic N) is 2. The van der Waals surface area contributed by atoms with Crippen molar-refractivity contribution >= 4 is 17.5 Å². The maximum absolute atomic E-state index is 12.2. The second-order valence-electron chi connectivity index (χ2n) is 6.50. The number of fused-ring (bicyclic) bond motifs is 2. The van der Waals surface area contributed by atoms with Crippen molar-refractivity contribution < 1.29 is 9.59 Å². The van der Waals surface area contributed by atoms with Gasteiger partial charge in [-0.15, -0.1) is 0 Å². The van der Waals surface area contributed by atoms with Gasteiger partial charge in [0.2, 0.25) is 11.8 Å². The molecule has 2 amide bonds. The van der Waals surface area contributed by atoms with Crippen molar-refractivity contribution in [1.82, 2.24) is 20.4 Å². The van der Waals surface area contributed by atoms with Gasteiger partial charge >= 0.3 is 0 Å². The van der Waals surface area contributed by atoms with E-state index < -0.39 is 6.04 Å². The molecule has 25 heavy (non-hydrogen) atoms. The number of amides is 2. The zero-order valence-electron chi connectivity index (χ0n) is 13.9. The van der Waals surface area contributed by atoms with E-state index in [9.17, 15) is 9.59 Å². The summed E-state index contributed by atoms with van der Waals surface area (Å²) in [5.74, 6) is -0.279. The van der Waals surface area contributed by atoms with Crippen LogP contribution in [0, 0.1) is 0 Å². The van der Waals surface area contributed by atoms with Crippen molar-refractivity contribution in [2.24, 2.45) is 0 Å². The number of carbonyl (C=O) groups is 2. The second-order valence-corrected chi connectivity index (χ2v) is 6.50. The number of nitrogens with one attached hydrogen (secondary N) is 3. The summed E-state index contributed by atoms with van der Waals surface area (Å²) in [4.78, 5) is 24.4. The highest BCUT2D eigenvalue weighted by Gasteiger charge is 2.27. The van der Waals surface area contributed by atoms with Gasteiger partial charge in [-0.3, -0.25) is 14.3 Å². The summed E-state index contributed by atoms with van der Waals surface area (Å²) in [6, 6.07) is 9.20. The van der Waals surface area contributed by atoms with Gasteiger partial charge in [0.15, 0.2) is 0 Å². The highest BCUT2D eigenvalue weighted by molar-refractivity contribution is 6.00. The molecule has 3 heterocycles. The van der Waals surface area contributed by atoms with Crippen molar-refractivity contribution in [3.05, 3.63) is 47.3 Å². The van der Waals surface area contributed by atoms with Crippen molar-refractivity contribution in [3.63, 3.8) is 0 Å². The third-order valence-corrected chi connectivity index (χ3v) is 4.68. The summed E-state index contributed by atoms with van der Waals surface area (Å²) in [5, 5.41) is 13.5. The first-order chi connectivity index (χ1) is 12.2. The summed E-state index contributed by atoms with van der Waals surface area (Å²) in [6.07, 6.45) is 1.43. The molecule has 0 radical (unpaired) electrons. The van der Waals surface area contributed by atoms with Crippen LogP contribution in [-0.4, -0.2) is 34.2 Å². The number of anilines is 1. The summed E-state index contributed by atoms with van der Waals surface area (Å²) in [7, 11) is 0. The molecule has 2 aliphatic rings. The topological polar surface area (TPSA) is 88.1 Å². The molecule has 7 heteroatoms. The van der Waals surface area contributed by atoms with Crippen LogP contribution in [0.1, 0.15) is 23.4 Å². The molecule has 0 aliphatic carbocycles. The Labute approximate surface area is 145 Å². The lowest BCUT2D eigenvalue weighted by Crippen LogP contribution is -2.47. The van der Waals surface area contributed by atoms with E-state index in [4.69, 9.17) is 0 Å². The normalized spacial score (nSPS) is 18.9. The Bertz CT molecular complexity index is 790. The van der Waals surface area contributed by atoms with Gasteiger partial charge in [-0.2, -0.15) is 5.10 Å². The van der Waals surface area contributed by atoms with E-state index in [0.717, 1.165) is 42.3 Å². The first kappa shape index (κ1) is 15.8. The Balaban J connectivity index is 1.33. The fourth-order valence-corrected chi connectivity index (χ4v) is 3.35. The molecule has 1 atom stereocenters. The minimum atomic E-state index is -0.512. The van der Waals surface area contributed by atoms with Gasteiger partial charge in [-0.1, -0.05) is 18.2 Å². The van der Waals surface area contributed by atoms with Crippen LogP contribution in [0.5, 0.6) is 0 Å². The highest BCUT2D eigenvalue weighted by Crippen LogP contribution is 2.21. The van der Waals surface area contributed by atoms with E-state index in [1.165, 1.54) is 0 Å². The van der Waals surface area contributed by atoms with E-state index in [1.54, 1.807) is 0 Å². The molecule has 0 bridgehead atoms. The predicted molar refractivity (Wildman–Crippen MR) is 93.0 cm³/mol. The fourth-order valence-electron chi connectivity index (χ4n) is 3.35. The first-order valence-corrected chi connectivity index (χ1v) is 8.63. The van der Waals surface area contributed by atoms with Gasteiger partial charge < -0.3 is 16.0 Å². The monoisotopic (exact) mass is 339 g/mol.